The van der Waals surface area contributed by atoms with E-state index >= 15 is 0 Å². The van der Waals surface area contributed by atoms with Crippen molar-refractivity contribution in [3.05, 3.63) is 102 Å². The molecule has 2 atom stereocenters. The minimum atomic E-state index is -3.79. The standard InChI is InChI=1S/C29H28N2O2S/c1-29(2,3)24-17-22-21-14-8-10-16-26(21)31(34(32,33)19-11-5-4-6-12-19)28(22)27(24)23-18-30-25-15-9-7-13-20(23)25/h4-16,18,24,27,30H,17H2,1-3H3/t24-,27+/m0/s1. The molecule has 1 N–H and O–H groups in total. The Morgan fingerprint density at radius 3 is 2.24 bits per heavy atom. The average Bonchev–Trinajstić information content (AvgIpc) is 3.50. The minimum absolute atomic E-state index is 0.00942. The highest BCUT2D eigenvalue weighted by Crippen LogP contribution is 2.54. The van der Waals surface area contributed by atoms with Gasteiger partial charge in [0, 0.05) is 34.1 Å². The third-order valence-electron chi connectivity index (χ3n) is 7.45. The average molecular weight is 469 g/mol. The summed E-state index contributed by atoms with van der Waals surface area (Å²) in [7, 11) is -3.79. The Morgan fingerprint density at radius 1 is 0.853 bits per heavy atom. The van der Waals surface area contributed by atoms with Crippen molar-refractivity contribution in [3.63, 3.8) is 0 Å². The van der Waals surface area contributed by atoms with Crippen LogP contribution >= 0.6 is 0 Å². The Kier molecular flexibility index (Phi) is 4.59. The van der Waals surface area contributed by atoms with Gasteiger partial charge >= 0.3 is 0 Å². The first-order chi connectivity index (χ1) is 16.3. The highest BCUT2D eigenvalue weighted by molar-refractivity contribution is 7.90. The minimum Gasteiger partial charge on any atom is -0.361 e. The van der Waals surface area contributed by atoms with Crippen molar-refractivity contribution < 1.29 is 8.42 Å². The highest BCUT2D eigenvalue weighted by Gasteiger charge is 2.46. The summed E-state index contributed by atoms with van der Waals surface area (Å²) < 4.78 is 30.0. The van der Waals surface area contributed by atoms with E-state index < -0.39 is 10.0 Å². The predicted molar refractivity (Wildman–Crippen MR) is 138 cm³/mol. The number of nitrogens with one attached hydrogen (secondary N) is 1. The lowest BCUT2D eigenvalue weighted by atomic mass is 9.72. The third-order valence-corrected chi connectivity index (χ3v) is 9.19. The topological polar surface area (TPSA) is 54.9 Å². The highest BCUT2D eigenvalue weighted by atomic mass is 32.2. The zero-order valence-corrected chi connectivity index (χ0v) is 20.4. The van der Waals surface area contributed by atoms with E-state index in [1.54, 1.807) is 28.2 Å². The molecule has 3 aromatic carbocycles. The largest absolute Gasteiger partial charge is 0.361 e. The number of hydrogen-bond donors (Lipinski definition) is 1. The van der Waals surface area contributed by atoms with Crippen LogP contribution in [-0.4, -0.2) is 17.4 Å². The van der Waals surface area contributed by atoms with Gasteiger partial charge in [-0.2, -0.15) is 0 Å². The van der Waals surface area contributed by atoms with Crippen LogP contribution in [0.3, 0.4) is 0 Å². The van der Waals surface area contributed by atoms with Gasteiger partial charge in [0.25, 0.3) is 10.0 Å². The molecular formula is C29H28N2O2S. The molecule has 4 nitrogen and oxygen atoms in total. The molecule has 0 saturated heterocycles. The van der Waals surface area contributed by atoms with Crippen LogP contribution in [0, 0.1) is 11.3 Å². The van der Waals surface area contributed by atoms with Gasteiger partial charge < -0.3 is 4.98 Å². The maximum absolute atomic E-state index is 14.2. The number of para-hydroxylation sites is 2. The smallest absolute Gasteiger partial charge is 0.268 e. The molecule has 0 amide bonds. The molecule has 172 valence electrons. The molecule has 0 spiro atoms. The van der Waals surface area contributed by atoms with Crippen LogP contribution < -0.4 is 0 Å². The number of aromatic nitrogens is 2. The number of aromatic amines is 1. The van der Waals surface area contributed by atoms with E-state index in [2.05, 4.69) is 56.2 Å². The summed E-state index contributed by atoms with van der Waals surface area (Å²) in [6.45, 7) is 6.80. The van der Waals surface area contributed by atoms with Crippen LogP contribution in [0.4, 0.5) is 0 Å². The zero-order chi connectivity index (χ0) is 23.7. The van der Waals surface area contributed by atoms with Gasteiger partial charge in [-0.1, -0.05) is 75.4 Å². The van der Waals surface area contributed by atoms with Crippen molar-refractivity contribution in [1.29, 1.82) is 0 Å². The summed E-state index contributed by atoms with van der Waals surface area (Å²) in [5, 5.41) is 2.19. The van der Waals surface area contributed by atoms with Crippen molar-refractivity contribution in [2.24, 2.45) is 11.3 Å². The molecule has 34 heavy (non-hydrogen) atoms. The molecule has 0 unspecified atom stereocenters. The predicted octanol–water partition coefficient (Wildman–Crippen LogP) is 6.71. The van der Waals surface area contributed by atoms with Gasteiger partial charge in [-0.05, 0) is 53.1 Å². The molecule has 1 aliphatic carbocycles. The Labute approximate surface area is 200 Å². The number of H-pyrrole nitrogens is 1. The van der Waals surface area contributed by atoms with Gasteiger partial charge in [-0.25, -0.2) is 12.4 Å². The molecule has 2 aromatic heterocycles. The second-order valence-electron chi connectivity index (χ2n) is 10.4. The van der Waals surface area contributed by atoms with E-state index in [1.165, 1.54) is 5.56 Å². The lowest BCUT2D eigenvalue weighted by Gasteiger charge is -2.33. The molecule has 0 aliphatic heterocycles. The van der Waals surface area contributed by atoms with E-state index in [-0.39, 0.29) is 17.3 Å². The summed E-state index contributed by atoms with van der Waals surface area (Å²) >= 11 is 0. The van der Waals surface area contributed by atoms with Gasteiger partial charge in [-0.3, -0.25) is 0 Å². The van der Waals surface area contributed by atoms with Crippen LogP contribution in [0.5, 0.6) is 0 Å². The van der Waals surface area contributed by atoms with E-state index in [1.807, 2.05) is 30.3 Å². The lowest BCUT2D eigenvalue weighted by molar-refractivity contribution is 0.229. The Hall–Kier alpha value is -3.31. The molecule has 5 aromatic rings. The quantitative estimate of drug-likeness (QED) is 0.320. The fourth-order valence-electron chi connectivity index (χ4n) is 5.83. The number of fused-ring (bicyclic) bond motifs is 4. The molecule has 1 aliphatic rings. The summed E-state index contributed by atoms with van der Waals surface area (Å²) in [6, 6.07) is 25.0. The molecule has 5 heteroatoms. The number of hydrogen-bond acceptors (Lipinski definition) is 2. The summed E-state index contributed by atoms with van der Waals surface area (Å²) in [5.74, 6) is 0.218. The first-order valence-electron chi connectivity index (χ1n) is 11.8. The molecule has 2 heterocycles. The maximum Gasteiger partial charge on any atom is 0.268 e. The van der Waals surface area contributed by atoms with Crippen molar-refractivity contribution in [2.75, 3.05) is 0 Å². The van der Waals surface area contributed by atoms with Crippen LogP contribution in [-0.2, 0) is 16.4 Å². The van der Waals surface area contributed by atoms with Gasteiger partial charge in [0.2, 0.25) is 0 Å². The number of benzene rings is 3. The van der Waals surface area contributed by atoms with Crippen molar-refractivity contribution in [3.8, 4) is 0 Å². The van der Waals surface area contributed by atoms with Crippen LogP contribution in [0.1, 0.15) is 43.5 Å². The zero-order valence-electron chi connectivity index (χ0n) is 19.6. The lowest BCUT2D eigenvalue weighted by Crippen LogP contribution is -2.27. The summed E-state index contributed by atoms with van der Waals surface area (Å²) in [5.41, 5.74) is 5.06. The van der Waals surface area contributed by atoms with E-state index in [0.717, 1.165) is 39.5 Å². The van der Waals surface area contributed by atoms with Gasteiger partial charge in [0.1, 0.15) is 0 Å². The van der Waals surface area contributed by atoms with Crippen LogP contribution in [0.2, 0.25) is 0 Å². The van der Waals surface area contributed by atoms with Crippen LogP contribution in [0.25, 0.3) is 21.8 Å². The van der Waals surface area contributed by atoms with Crippen molar-refractivity contribution in [1.82, 2.24) is 8.96 Å². The Bertz CT molecular complexity index is 1640. The SMILES string of the molecule is CC(C)(C)[C@H]1Cc2c(n(S(=O)(=O)c3ccccc3)c3ccccc23)[C@@H]1c1c[nH]c2ccccc12. The second kappa shape index (κ2) is 7.34. The first-order valence-corrected chi connectivity index (χ1v) is 13.2. The van der Waals surface area contributed by atoms with Gasteiger partial charge in [0.15, 0.2) is 0 Å². The number of nitrogens with zero attached hydrogens (tertiary/aromatic N) is 1. The van der Waals surface area contributed by atoms with Gasteiger partial charge in [0.05, 0.1) is 10.4 Å². The Balaban J connectivity index is 1.72. The monoisotopic (exact) mass is 468 g/mol. The summed E-state index contributed by atoms with van der Waals surface area (Å²) in [4.78, 5) is 3.75. The number of rotatable bonds is 3. The molecule has 0 saturated carbocycles. The van der Waals surface area contributed by atoms with Gasteiger partial charge in [-0.15, -0.1) is 0 Å². The van der Waals surface area contributed by atoms with Crippen LogP contribution in [0.15, 0.2) is 90.0 Å². The molecule has 0 radical (unpaired) electrons. The second-order valence-corrected chi connectivity index (χ2v) is 12.2. The molecule has 0 bridgehead atoms. The molecular weight excluding hydrogens is 440 g/mol. The fraction of sp³-hybridized carbons (Fsp3) is 0.241. The third kappa shape index (κ3) is 3.00. The normalized spacial score (nSPS) is 18.6. The Morgan fingerprint density at radius 2 is 1.50 bits per heavy atom. The van der Waals surface area contributed by atoms with E-state index in [0.29, 0.717) is 4.90 Å². The van der Waals surface area contributed by atoms with Crippen molar-refractivity contribution in [2.45, 2.75) is 38.0 Å². The fourth-order valence-corrected chi connectivity index (χ4v) is 7.44. The molecule has 0 fully saturated rings. The maximum atomic E-state index is 14.2. The first kappa shape index (κ1) is 21.2. The summed E-state index contributed by atoms with van der Waals surface area (Å²) in [6.07, 6.45) is 2.93. The van der Waals surface area contributed by atoms with Crippen molar-refractivity contribution >= 4 is 31.8 Å². The van der Waals surface area contributed by atoms with E-state index in [9.17, 15) is 8.42 Å². The molecule has 6 rings (SSSR count). The van der Waals surface area contributed by atoms with E-state index in [4.69, 9.17) is 0 Å².